The zero-order valence-corrected chi connectivity index (χ0v) is 18.2. The zero-order chi connectivity index (χ0) is 22.3. The van der Waals surface area contributed by atoms with Gasteiger partial charge < -0.3 is 5.11 Å². The number of amides is 1. The van der Waals surface area contributed by atoms with Crippen LogP contribution in [0.1, 0.15) is 5.56 Å². The first kappa shape index (κ1) is 21.5. The van der Waals surface area contributed by atoms with Gasteiger partial charge in [0.1, 0.15) is 5.75 Å². The van der Waals surface area contributed by atoms with E-state index in [1.807, 2.05) is 28.8 Å². The van der Waals surface area contributed by atoms with Gasteiger partial charge in [0.15, 0.2) is 11.0 Å². The van der Waals surface area contributed by atoms with Gasteiger partial charge in [0.05, 0.1) is 12.0 Å². The van der Waals surface area contributed by atoms with Gasteiger partial charge in [-0.25, -0.2) is 5.43 Å². The number of nitrogens with zero attached hydrogens (tertiary/aromatic N) is 5. The molecule has 2 heterocycles. The zero-order valence-electron chi connectivity index (χ0n) is 16.6. The monoisotopic (exact) mass is 464 g/mol. The molecule has 1 amide bonds. The molecule has 0 atom stereocenters. The fraction of sp³-hybridized carbons (Fsp3) is 0.0455. The molecule has 10 heteroatoms. The van der Waals surface area contributed by atoms with Crippen LogP contribution >= 0.6 is 23.4 Å². The number of benzene rings is 2. The molecule has 0 aliphatic carbocycles. The van der Waals surface area contributed by atoms with Gasteiger partial charge in [-0.2, -0.15) is 5.10 Å². The Balaban J connectivity index is 1.49. The number of halogens is 1. The lowest BCUT2D eigenvalue weighted by atomic mass is 10.2. The summed E-state index contributed by atoms with van der Waals surface area (Å²) in [6, 6.07) is 17.4. The van der Waals surface area contributed by atoms with Crippen molar-refractivity contribution < 1.29 is 9.90 Å². The lowest BCUT2D eigenvalue weighted by Crippen LogP contribution is -2.20. The number of phenols is 1. The number of thioether (sulfide) groups is 1. The Labute approximate surface area is 193 Å². The largest absolute Gasteiger partial charge is 0.508 e. The van der Waals surface area contributed by atoms with E-state index >= 15 is 0 Å². The fourth-order valence-electron chi connectivity index (χ4n) is 2.78. The molecule has 0 bridgehead atoms. The molecule has 8 nitrogen and oxygen atoms in total. The van der Waals surface area contributed by atoms with Gasteiger partial charge in [0, 0.05) is 28.7 Å². The van der Waals surface area contributed by atoms with E-state index in [1.54, 1.807) is 48.8 Å². The molecule has 2 N–H and O–H groups in total. The van der Waals surface area contributed by atoms with E-state index in [4.69, 9.17) is 11.6 Å². The Morgan fingerprint density at radius 3 is 2.50 bits per heavy atom. The average Bonchev–Trinajstić information content (AvgIpc) is 3.24. The Morgan fingerprint density at radius 2 is 1.78 bits per heavy atom. The molecule has 0 radical (unpaired) electrons. The molecule has 4 rings (SSSR count). The second-order valence-corrected chi connectivity index (χ2v) is 7.91. The van der Waals surface area contributed by atoms with Gasteiger partial charge in [-0.3, -0.25) is 14.3 Å². The number of aromatic nitrogens is 4. The van der Waals surface area contributed by atoms with Gasteiger partial charge >= 0.3 is 0 Å². The third-order valence-electron chi connectivity index (χ3n) is 4.29. The normalized spacial score (nSPS) is 11.0. The quantitative estimate of drug-likeness (QED) is 0.244. The van der Waals surface area contributed by atoms with Crippen molar-refractivity contribution in [3.05, 3.63) is 83.6 Å². The molecule has 0 saturated heterocycles. The highest BCUT2D eigenvalue weighted by Crippen LogP contribution is 2.28. The van der Waals surface area contributed by atoms with Gasteiger partial charge in [-0.15, -0.1) is 10.2 Å². The predicted molar refractivity (Wildman–Crippen MR) is 124 cm³/mol. The smallest absolute Gasteiger partial charge is 0.250 e. The second kappa shape index (κ2) is 10.1. The summed E-state index contributed by atoms with van der Waals surface area (Å²) in [5.74, 6) is 0.595. The van der Waals surface area contributed by atoms with E-state index in [0.29, 0.717) is 16.0 Å². The number of hydrogen-bond donors (Lipinski definition) is 2. The first-order valence-electron chi connectivity index (χ1n) is 9.45. The number of carbonyl (C=O) groups is 1. The molecule has 32 heavy (non-hydrogen) atoms. The molecule has 0 unspecified atom stereocenters. The van der Waals surface area contributed by atoms with Crippen molar-refractivity contribution in [2.24, 2.45) is 5.10 Å². The molecule has 2 aromatic carbocycles. The maximum absolute atomic E-state index is 12.3. The van der Waals surface area contributed by atoms with Crippen molar-refractivity contribution in [1.82, 2.24) is 25.2 Å². The fourth-order valence-corrected chi connectivity index (χ4v) is 3.65. The van der Waals surface area contributed by atoms with Crippen molar-refractivity contribution in [2.45, 2.75) is 5.16 Å². The van der Waals surface area contributed by atoms with E-state index < -0.39 is 0 Å². The van der Waals surface area contributed by atoms with Crippen LogP contribution in [0, 0.1) is 0 Å². The third kappa shape index (κ3) is 5.32. The first-order valence-corrected chi connectivity index (χ1v) is 10.8. The molecule has 2 aromatic heterocycles. The summed E-state index contributed by atoms with van der Waals surface area (Å²) in [7, 11) is 0. The topological polar surface area (TPSA) is 105 Å². The van der Waals surface area contributed by atoms with E-state index in [1.165, 1.54) is 18.0 Å². The highest BCUT2D eigenvalue weighted by atomic mass is 35.5. The highest BCUT2D eigenvalue weighted by Gasteiger charge is 2.17. The highest BCUT2D eigenvalue weighted by molar-refractivity contribution is 7.99. The minimum absolute atomic E-state index is 0.0922. The standard InChI is InChI=1S/C22H17ClN6O2S/c23-17-3-5-18(6-4-17)29-21(16-9-11-24-12-10-16)27-28-22(29)32-14-20(31)26-25-13-15-1-7-19(30)8-2-15/h1-13,30H,14H2,(H,26,31)/b25-13-. The molecule has 0 saturated carbocycles. The van der Waals surface area contributed by atoms with Crippen molar-refractivity contribution in [1.29, 1.82) is 0 Å². The molecular formula is C22H17ClN6O2S. The summed E-state index contributed by atoms with van der Waals surface area (Å²) in [4.78, 5) is 16.3. The Hall–Kier alpha value is -3.69. The Kier molecular flexibility index (Phi) is 6.78. The van der Waals surface area contributed by atoms with Crippen LogP contribution in [0.3, 0.4) is 0 Å². The van der Waals surface area contributed by atoms with Crippen LogP contribution in [0.15, 0.2) is 83.3 Å². The van der Waals surface area contributed by atoms with Crippen LogP contribution < -0.4 is 5.43 Å². The van der Waals surface area contributed by atoms with Gasteiger partial charge in [-0.05, 0) is 66.2 Å². The van der Waals surface area contributed by atoms with Gasteiger partial charge in [0.25, 0.3) is 5.91 Å². The SMILES string of the molecule is O=C(CSc1nnc(-c2ccncc2)n1-c1ccc(Cl)cc1)N/N=C\c1ccc(O)cc1. The van der Waals surface area contributed by atoms with Crippen LogP contribution in [-0.4, -0.2) is 42.7 Å². The van der Waals surface area contributed by atoms with E-state index in [-0.39, 0.29) is 17.4 Å². The van der Waals surface area contributed by atoms with E-state index in [9.17, 15) is 9.90 Å². The van der Waals surface area contributed by atoms with Gasteiger partial charge in [-0.1, -0.05) is 23.4 Å². The number of pyridine rings is 1. The minimum Gasteiger partial charge on any atom is -0.508 e. The molecule has 0 aliphatic rings. The molecular weight excluding hydrogens is 448 g/mol. The molecule has 160 valence electrons. The lowest BCUT2D eigenvalue weighted by molar-refractivity contribution is -0.118. The summed E-state index contributed by atoms with van der Waals surface area (Å²) < 4.78 is 1.86. The van der Waals surface area contributed by atoms with E-state index in [2.05, 4.69) is 25.7 Å². The van der Waals surface area contributed by atoms with Crippen molar-refractivity contribution in [2.75, 3.05) is 5.75 Å². The Morgan fingerprint density at radius 1 is 1.06 bits per heavy atom. The number of hydrazone groups is 1. The lowest BCUT2D eigenvalue weighted by Gasteiger charge is -2.10. The second-order valence-electron chi connectivity index (χ2n) is 6.53. The molecule has 4 aromatic rings. The van der Waals surface area contributed by atoms with Crippen LogP contribution in [0.25, 0.3) is 17.1 Å². The van der Waals surface area contributed by atoms with Crippen molar-refractivity contribution in [3.8, 4) is 22.8 Å². The number of phenolic OH excluding ortho intramolecular Hbond substituents is 1. The summed E-state index contributed by atoms with van der Waals surface area (Å²) in [6.45, 7) is 0. The summed E-state index contributed by atoms with van der Waals surface area (Å²) in [5.41, 5.74) is 4.90. The van der Waals surface area contributed by atoms with Gasteiger partial charge in [0.2, 0.25) is 0 Å². The van der Waals surface area contributed by atoms with Crippen LogP contribution in [0.2, 0.25) is 5.02 Å². The maximum atomic E-state index is 12.3. The third-order valence-corrected chi connectivity index (χ3v) is 5.47. The number of rotatable bonds is 7. The number of hydrogen-bond acceptors (Lipinski definition) is 7. The Bertz CT molecular complexity index is 1230. The van der Waals surface area contributed by atoms with Crippen LogP contribution in [0.5, 0.6) is 5.75 Å². The minimum atomic E-state index is -0.291. The number of aromatic hydroxyl groups is 1. The molecule has 0 aliphatic heterocycles. The summed E-state index contributed by atoms with van der Waals surface area (Å²) in [6.07, 6.45) is 4.87. The van der Waals surface area contributed by atoms with Crippen LogP contribution in [-0.2, 0) is 4.79 Å². The summed E-state index contributed by atoms with van der Waals surface area (Å²) >= 11 is 7.28. The van der Waals surface area contributed by atoms with Crippen LogP contribution in [0.4, 0.5) is 0 Å². The summed E-state index contributed by atoms with van der Waals surface area (Å²) in [5, 5.41) is 23.0. The van der Waals surface area contributed by atoms with Crippen molar-refractivity contribution >= 4 is 35.5 Å². The predicted octanol–water partition coefficient (Wildman–Crippen LogP) is 3.93. The number of carbonyl (C=O) groups excluding carboxylic acids is 1. The molecule has 0 spiro atoms. The molecule has 0 fully saturated rings. The first-order chi connectivity index (χ1) is 15.6. The number of nitrogens with one attached hydrogen (secondary N) is 1. The van der Waals surface area contributed by atoms with Crippen molar-refractivity contribution in [3.63, 3.8) is 0 Å². The van der Waals surface area contributed by atoms with E-state index in [0.717, 1.165) is 16.8 Å². The maximum Gasteiger partial charge on any atom is 0.250 e. The average molecular weight is 465 g/mol.